The van der Waals surface area contributed by atoms with Crippen LogP contribution in [0.25, 0.3) is 0 Å². The third-order valence-corrected chi connectivity index (χ3v) is 3.60. The number of hydrogen-bond donors (Lipinski definition) is 1. The van der Waals surface area contributed by atoms with E-state index in [1.54, 1.807) is 0 Å². The fraction of sp³-hybridized carbons (Fsp3) is 0.600. The van der Waals surface area contributed by atoms with Crippen LogP contribution in [0.5, 0.6) is 0 Å². The number of allylic oxidation sites excluding steroid dienone is 1. The predicted octanol–water partition coefficient (Wildman–Crippen LogP) is 3.60. The minimum absolute atomic E-state index is 0. The molecule has 0 unspecified atom stereocenters. The Hall–Kier alpha value is -0.480. The molecule has 1 N–H and O–H groups in total. The number of halogens is 2. The molecule has 20 heavy (non-hydrogen) atoms. The van der Waals surface area contributed by atoms with Gasteiger partial charge in [0, 0.05) is 32.6 Å². The van der Waals surface area contributed by atoms with E-state index in [0.29, 0.717) is 6.04 Å². The van der Waals surface area contributed by atoms with Gasteiger partial charge in [-0.05, 0) is 25.0 Å². The highest BCUT2D eigenvalue weighted by atomic mass is 35.5. The maximum Gasteiger partial charge on any atom is 0.121 e. The zero-order valence-electron chi connectivity index (χ0n) is 12.1. The van der Waals surface area contributed by atoms with Crippen LogP contribution in [0.2, 0.25) is 0 Å². The van der Waals surface area contributed by atoms with E-state index in [9.17, 15) is 0 Å². The van der Waals surface area contributed by atoms with Crippen molar-refractivity contribution >= 4 is 24.8 Å². The van der Waals surface area contributed by atoms with E-state index in [-0.39, 0.29) is 24.8 Å². The summed E-state index contributed by atoms with van der Waals surface area (Å²) in [5.74, 6) is 2.21. The van der Waals surface area contributed by atoms with Crippen LogP contribution >= 0.6 is 24.8 Å². The Kier molecular flexibility index (Phi) is 10.0. The standard InChI is InChI=1S/C15H24N2O.2ClH/c1-3-5-6-14(17-11-9-16-10-12-17)15-8-7-13(4-2)18-15;;/h3,7-8,14,16H,1,4-6,9-12H2,2H3;2*1H/t14-;;/m0../s1. The van der Waals surface area contributed by atoms with Crippen LogP contribution in [-0.2, 0) is 6.42 Å². The van der Waals surface area contributed by atoms with Crippen molar-refractivity contribution < 1.29 is 4.42 Å². The summed E-state index contributed by atoms with van der Waals surface area (Å²) in [6, 6.07) is 4.66. The molecule has 1 aromatic rings. The average molecular weight is 321 g/mol. The molecule has 1 saturated heterocycles. The fourth-order valence-corrected chi connectivity index (χ4v) is 2.54. The summed E-state index contributed by atoms with van der Waals surface area (Å²) in [4.78, 5) is 2.53. The van der Waals surface area contributed by atoms with Crippen molar-refractivity contribution in [1.29, 1.82) is 0 Å². The van der Waals surface area contributed by atoms with Crippen molar-refractivity contribution in [3.05, 3.63) is 36.3 Å². The molecule has 1 aliphatic rings. The second kappa shape index (κ2) is 10.3. The minimum Gasteiger partial charge on any atom is -0.464 e. The lowest BCUT2D eigenvalue weighted by Crippen LogP contribution is -2.45. The first-order valence-electron chi connectivity index (χ1n) is 6.99. The first-order valence-corrected chi connectivity index (χ1v) is 6.99. The quantitative estimate of drug-likeness (QED) is 0.812. The summed E-state index contributed by atoms with van der Waals surface area (Å²) in [6.45, 7) is 10.3. The highest BCUT2D eigenvalue weighted by Gasteiger charge is 2.23. The van der Waals surface area contributed by atoms with Gasteiger partial charge in [-0.25, -0.2) is 0 Å². The molecule has 1 aliphatic heterocycles. The highest BCUT2D eigenvalue weighted by Crippen LogP contribution is 2.28. The first-order chi connectivity index (χ1) is 8.85. The van der Waals surface area contributed by atoms with Gasteiger partial charge in [-0.15, -0.1) is 31.4 Å². The molecular formula is C15H26Cl2N2O. The Morgan fingerprint density at radius 3 is 2.60 bits per heavy atom. The molecule has 0 bridgehead atoms. The number of rotatable bonds is 6. The maximum absolute atomic E-state index is 5.95. The Labute approximate surface area is 134 Å². The summed E-state index contributed by atoms with van der Waals surface area (Å²) in [6.07, 6.45) is 5.10. The summed E-state index contributed by atoms with van der Waals surface area (Å²) in [7, 11) is 0. The Morgan fingerprint density at radius 2 is 2.05 bits per heavy atom. The minimum atomic E-state index is 0. The molecular weight excluding hydrogens is 295 g/mol. The van der Waals surface area contributed by atoms with Crippen molar-refractivity contribution in [3.8, 4) is 0 Å². The molecule has 1 fully saturated rings. The SMILES string of the molecule is C=CCC[C@@H](c1ccc(CC)o1)N1CCNCC1.Cl.Cl. The molecule has 0 aliphatic carbocycles. The van der Waals surface area contributed by atoms with E-state index >= 15 is 0 Å². The van der Waals surface area contributed by atoms with Gasteiger partial charge in [-0.3, -0.25) is 4.90 Å². The molecule has 1 aromatic heterocycles. The summed E-state index contributed by atoms with van der Waals surface area (Å²) >= 11 is 0. The number of hydrogen-bond acceptors (Lipinski definition) is 3. The van der Waals surface area contributed by atoms with E-state index in [2.05, 4.69) is 35.9 Å². The molecule has 2 heterocycles. The first kappa shape index (κ1) is 19.5. The monoisotopic (exact) mass is 320 g/mol. The van der Waals surface area contributed by atoms with Crippen LogP contribution in [0.3, 0.4) is 0 Å². The van der Waals surface area contributed by atoms with Crippen LogP contribution in [0, 0.1) is 0 Å². The average Bonchev–Trinajstić information content (AvgIpc) is 2.89. The topological polar surface area (TPSA) is 28.4 Å². The Bertz CT molecular complexity index is 376. The Balaban J connectivity index is 0.00000180. The van der Waals surface area contributed by atoms with Crippen LogP contribution < -0.4 is 5.32 Å². The number of nitrogens with one attached hydrogen (secondary N) is 1. The lowest BCUT2D eigenvalue weighted by molar-refractivity contribution is 0.146. The van der Waals surface area contributed by atoms with Gasteiger partial charge < -0.3 is 9.73 Å². The fourth-order valence-electron chi connectivity index (χ4n) is 2.54. The maximum atomic E-state index is 5.95. The van der Waals surface area contributed by atoms with E-state index in [4.69, 9.17) is 4.42 Å². The molecule has 5 heteroatoms. The van der Waals surface area contributed by atoms with E-state index in [1.807, 2.05) is 6.08 Å². The molecule has 0 radical (unpaired) electrons. The van der Waals surface area contributed by atoms with Gasteiger partial charge in [0.05, 0.1) is 6.04 Å². The third kappa shape index (κ3) is 5.13. The van der Waals surface area contributed by atoms with Crippen molar-refractivity contribution in [2.45, 2.75) is 32.2 Å². The Morgan fingerprint density at radius 1 is 1.35 bits per heavy atom. The second-order valence-electron chi connectivity index (χ2n) is 4.83. The van der Waals surface area contributed by atoms with Gasteiger partial charge in [-0.2, -0.15) is 0 Å². The smallest absolute Gasteiger partial charge is 0.121 e. The molecule has 2 rings (SSSR count). The van der Waals surface area contributed by atoms with Gasteiger partial charge >= 0.3 is 0 Å². The largest absolute Gasteiger partial charge is 0.464 e. The molecule has 0 saturated carbocycles. The summed E-state index contributed by atoms with van der Waals surface area (Å²) < 4.78 is 5.95. The van der Waals surface area contributed by atoms with Crippen molar-refractivity contribution in [2.24, 2.45) is 0 Å². The molecule has 0 aromatic carbocycles. The molecule has 1 atom stereocenters. The third-order valence-electron chi connectivity index (χ3n) is 3.60. The van der Waals surface area contributed by atoms with Gasteiger partial charge in [0.2, 0.25) is 0 Å². The molecule has 0 spiro atoms. The van der Waals surface area contributed by atoms with Crippen LogP contribution in [0.1, 0.15) is 37.3 Å². The lowest BCUT2D eigenvalue weighted by atomic mass is 10.1. The van der Waals surface area contributed by atoms with Crippen molar-refractivity contribution in [3.63, 3.8) is 0 Å². The lowest BCUT2D eigenvalue weighted by Gasteiger charge is -2.33. The van der Waals surface area contributed by atoms with Gasteiger partial charge in [0.25, 0.3) is 0 Å². The van der Waals surface area contributed by atoms with E-state index in [0.717, 1.165) is 57.0 Å². The zero-order chi connectivity index (χ0) is 12.8. The van der Waals surface area contributed by atoms with Crippen LogP contribution in [-0.4, -0.2) is 31.1 Å². The molecule has 3 nitrogen and oxygen atoms in total. The summed E-state index contributed by atoms with van der Waals surface area (Å²) in [5, 5.41) is 3.40. The molecule has 0 amide bonds. The van der Waals surface area contributed by atoms with Gasteiger partial charge in [0.15, 0.2) is 0 Å². The highest BCUT2D eigenvalue weighted by molar-refractivity contribution is 5.85. The van der Waals surface area contributed by atoms with Crippen molar-refractivity contribution in [2.75, 3.05) is 26.2 Å². The second-order valence-corrected chi connectivity index (χ2v) is 4.83. The predicted molar refractivity (Wildman–Crippen MR) is 89.2 cm³/mol. The van der Waals surface area contributed by atoms with Crippen molar-refractivity contribution in [1.82, 2.24) is 10.2 Å². The zero-order valence-corrected chi connectivity index (χ0v) is 13.8. The summed E-state index contributed by atoms with van der Waals surface area (Å²) in [5.41, 5.74) is 0. The van der Waals surface area contributed by atoms with Gasteiger partial charge in [-0.1, -0.05) is 13.0 Å². The van der Waals surface area contributed by atoms with Crippen LogP contribution in [0.15, 0.2) is 29.2 Å². The molecule has 116 valence electrons. The van der Waals surface area contributed by atoms with E-state index in [1.165, 1.54) is 0 Å². The van der Waals surface area contributed by atoms with Gasteiger partial charge in [0.1, 0.15) is 11.5 Å². The number of aryl methyl sites for hydroxylation is 1. The van der Waals surface area contributed by atoms with E-state index < -0.39 is 0 Å². The number of nitrogens with zero attached hydrogens (tertiary/aromatic N) is 1. The van der Waals surface area contributed by atoms with Crippen LogP contribution in [0.4, 0.5) is 0 Å². The number of furan rings is 1. The normalized spacial score (nSPS) is 16.9. The number of piperazine rings is 1.